The van der Waals surface area contributed by atoms with Crippen LogP contribution in [0.15, 0.2) is 0 Å². The van der Waals surface area contributed by atoms with Crippen LogP contribution in [0.2, 0.25) is 0 Å². The molecule has 0 saturated carbocycles. The van der Waals surface area contributed by atoms with Crippen molar-refractivity contribution in [2.45, 2.75) is 45.4 Å². The predicted octanol–water partition coefficient (Wildman–Crippen LogP) is 3.01. The van der Waals surface area contributed by atoms with Gasteiger partial charge in [0.15, 0.2) is 0 Å². The summed E-state index contributed by atoms with van der Waals surface area (Å²) in [7, 11) is 1.76. The first-order valence-electron chi connectivity index (χ1n) is 5.48. The molecule has 2 nitrogen and oxygen atoms in total. The van der Waals surface area contributed by atoms with Gasteiger partial charge in [-0.25, -0.2) is 0 Å². The van der Waals surface area contributed by atoms with Crippen molar-refractivity contribution in [2.75, 3.05) is 26.9 Å². The highest BCUT2D eigenvalue weighted by Gasteiger charge is 1.90. The fourth-order valence-electron chi connectivity index (χ4n) is 1.15. The monoisotopic (exact) mass is 188 g/mol. The van der Waals surface area contributed by atoms with Crippen molar-refractivity contribution in [1.82, 2.24) is 0 Å². The van der Waals surface area contributed by atoms with E-state index in [0.717, 1.165) is 19.8 Å². The van der Waals surface area contributed by atoms with Crippen molar-refractivity contribution < 1.29 is 9.47 Å². The second kappa shape index (κ2) is 11.9. The van der Waals surface area contributed by atoms with Gasteiger partial charge < -0.3 is 9.47 Å². The van der Waals surface area contributed by atoms with Crippen molar-refractivity contribution in [3.63, 3.8) is 0 Å². The van der Waals surface area contributed by atoms with E-state index in [1.807, 2.05) is 0 Å². The van der Waals surface area contributed by atoms with Gasteiger partial charge in [-0.1, -0.05) is 26.2 Å². The molecule has 0 saturated heterocycles. The normalized spacial score (nSPS) is 10.6. The number of hydrogen-bond acceptors (Lipinski definition) is 2. The Morgan fingerprint density at radius 1 is 0.769 bits per heavy atom. The third-order valence-electron chi connectivity index (χ3n) is 2.03. The first kappa shape index (κ1) is 12.9. The molecule has 0 amide bonds. The van der Waals surface area contributed by atoms with Gasteiger partial charge in [0, 0.05) is 26.9 Å². The van der Waals surface area contributed by atoms with Crippen LogP contribution >= 0.6 is 0 Å². The summed E-state index contributed by atoms with van der Waals surface area (Å²) in [6.07, 6.45) is 7.36. The number of unbranched alkanes of at least 4 members (excludes halogenated alkanes) is 4. The number of methoxy groups -OCH3 is 1. The Bertz CT molecular complexity index is 74.2. The van der Waals surface area contributed by atoms with Crippen LogP contribution in [0.25, 0.3) is 0 Å². The lowest BCUT2D eigenvalue weighted by molar-refractivity contribution is 0.126. The molecule has 0 bridgehead atoms. The van der Waals surface area contributed by atoms with Gasteiger partial charge in [-0.2, -0.15) is 0 Å². The van der Waals surface area contributed by atoms with Crippen LogP contribution in [-0.4, -0.2) is 26.9 Å². The Labute approximate surface area is 82.6 Å². The summed E-state index contributed by atoms with van der Waals surface area (Å²) >= 11 is 0. The van der Waals surface area contributed by atoms with Crippen molar-refractivity contribution >= 4 is 0 Å². The molecule has 0 aliphatic rings. The molecule has 0 spiro atoms. The van der Waals surface area contributed by atoms with Gasteiger partial charge in [0.05, 0.1) is 0 Å². The largest absolute Gasteiger partial charge is 0.385 e. The summed E-state index contributed by atoms with van der Waals surface area (Å²) in [5.41, 5.74) is 0. The third kappa shape index (κ3) is 11.9. The molecule has 0 N–H and O–H groups in total. The molecule has 0 unspecified atom stereocenters. The smallest absolute Gasteiger partial charge is 0.0466 e. The van der Waals surface area contributed by atoms with Gasteiger partial charge in [-0.3, -0.25) is 0 Å². The Morgan fingerprint density at radius 2 is 1.38 bits per heavy atom. The first-order valence-corrected chi connectivity index (χ1v) is 5.48. The van der Waals surface area contributed by atoms with E-state index in [1.165, 1.54) is 38.5 Å². The Balaban J connectivity index is 2.76. The maximum absolute atomic E-state index is 5.45. The van der Waals surface area contributed by atoms with E-state index < -0.39 is 0 Å². The second-order valence-corrected chi connectivity index (χ2v) is 3.37. The minimum Gasteiger partial charge on any atom is -0.385 e. The van der Waals surface area contributed by atoms with Crippen LogP contribution in [0.5, 0.6) is 0 Å². The van der Waals surface area contributed by atoms with Crippen molar-refractivity contribution in [3.8, 4) is 0 Å². The summed E-state index contributed by atoms with van der Waals surface area (Å²) < 4.78 is 10.4. The minimum atomic E-state index is 0.899. The fourth-order valence-corrected chi connectivity index (χ4v) is 1.15. The number of hydrogen-bond donors (Lipinski definition) is 0. The zero-order chi connectivity index (χ0) is 9.78. The van der Waals surface area contributed by atoms with Crippen LogP contribution < -0.4 is 0 Å². The van der Waals surface area contributed by atoms with Crippen LogP contribution in [0, 0.1) is 0 Å². The number of ether oxygens (including phenoxy) is 2. The highest BCUT2D eigenvalue weighted by Crippen LogP contribution is 2.00. The van der Waals surface area contributed by atoms with E-state index in [9.17, 15) is 0 Å². The quantitative estimate of drug-likeness (QED) is 0.491. The molecule has 13 heavy (non-hydrogen) atoms. The summed E-state index contributed by atoms with van der Waals surface area (Å²) in [5, 5.41) is 0. The van der Waals surface area contributed by atoms with Gasteiger partial charge in [0.2, 0.25) is 0 Å². The standard InChI is InChI=1S/C11H24O2/c1-3-4-10-13-11-8-6-5-7-9-12-2/h3-11H2,1-2H3. The first-order chi connectivity index (χ1) is 6.41. The lowest BCUT2D eigenvalue weighted by Crippen LogP contribution is -1.97. The zero-order valence-corrected chi connectivity index (χ0v) is 9.18. The molecule has 80 valence electrons. The van der Waals surface area contributed by atoms with E-state index in [2.05, 4.69) is 6.92 Å². The molecule has 0 aromatic rings. The molecule has 0 aliphatic carbocycles. The Morgan fingerprint density at radius 3 is 2.00 bits per heavy atom. The highest BCUT2D eigenvalue weighted by atomic mass is 16.5. The van der Waals surface area contributed by atoms with Crippen molar-refractivity contribution in [3.05, 3.63) is 0 Å². The molecule has 0 rings (SSSR count). The van der Waals surface area contributed by atoms with Gasteiger partial charge in [0.25, 0.3) is 0 Å². The second-order valence-electron chi connectivity index (χ2n) is 3.37. The molecule has 2 heteroatoms. The maximum atomic E-state index is 5.45. The molecule has 0 atom stereocenters. The average Bonchev–Trinajstić information content (AvgIpc) is 2.16. The van der Waals surface area contributed by atoms with Gasteiger partial charge >= 0.3 is 0 Å². The average molecular weight is 188 g/mol. The lowest BCUT2D eigenvalue weighted by Gasteiger charge is -2.02. The van der Waals surface area contributed by atoms with Crippen LogP contribution in [-0.2, 0) is 9.47 Å². The van der Waals surface area contributed by atoms with E-state index in [0.29, 0.717) is 0 Å². The zero-order valence-electron chi connectivity index (χ0n) is 9.18. The molecule has 0 aromatic carbocycles. The molecular formula is C11H24O2. The van der Waals surface area contributed by atoms with Gasteiger partial charge in [-0.05, 0) is 19.3 Å². The summed E-state index contributed by atoms with van der Waals surface area (Å²) in [4.78, 5) is 0. The highest BCUT2D eigenvalue weighted by molar-refractivity contribution is 4.42. The fraction of sp³-hybridized carbons (Fsp3) is 1.00. The minimum absolute atomic E-state index is 0.899. The third-order valence-corrected chi connectivity index (χ3v) is 2.03. The molecule has 0 heterocycles. The van der Waals surface area contributed by atoms with Crippen LogP contribution in [0.1, 0.15) is 45.4 Å². The van der Waals surface area contributed by atoms with Gasteiger partial charge in [0.1, 0.15) is 0 Å². The van der Waals surface area contributed by atoms with Gasteiger partial charge in [-0.15, -0.1) is 0 Å². The Hall–Kier alpha value is -0.0800. The van der Waals surface area contributed by atoms with Crippen molar-refractivity contribution in [2.24, 2.45) is 0 Å². The van der Waals surface area contributed by atoms with E-state index in [1.54, 1.807) is 7.11 Å². The molecule has 0 radical (unpaired) electrons. The molecular weight excluding hydrogens is 164 g/mol. The van der Waals surface area contributed by atoms with E-state index in [4.69, 9.17) is 9.47 Å². The van der Waals surface area contributed by atoms with Crippen LogP contribution in [0.4, 0.5) is 0 Å². The molecule has 0 fully saturated rings. The summed E-state index contributed by atoms with van der Waals surface area (Å²) in [6.45, 7) is 4.96. The topological polar surface area (TPSA) is 18.5 Å². The SMILES string of the molecule is CCCCOCCCCCCOC. The molecule has 0 aromatic heterocycles. The summed E-state index contributed by atoms with van der Waals surface area (Å²) in [6, 6.07) is 0. The lowest BCUT2D eigenvalue weighted by atomic mass is 10.2. The molecule has 0 aliphatic heterocycles. The predicted molar refractivity (Wildman–Crippen MR) is 56.1 cm³/mol. The van der Waals surface area contributed by atoms with E-state index >= 15 is 0 Å². The van der Waals surface area contributed by atoms with E-state index in [-0.39, 0.29) is 0 Å². The number of rotatable bonds is 10. The van der Waals surface area contributed by atoms with Crippen molar-refractivity contribution in [1.29, 1.82) is 0 Å². The summed E-state index contributed by atoms with van der Waals surface area (Å²) in [5.74, 6) is 0. The van der Waals surface area contributed by atoms with Crippen LogP contribution in [0.3, 0.4) is 0 Å². The Kier molecular flexibility index (Phi) is 11.8. The maximum Gasteiger partial charge on any atom is 0.0466 e.